The van der Waals surface area contributed by atoms with Crippen molar-refractivity contribution in [3.05, 3.63) is 59.7 Å². The molecule has 0 saturated carbocycles. The smallest absolute Gasteiger partial charge is 0.416 e. The number of carbonyl (C=O) groups excluding carboxylic acids is 1. The predicted molar refractivity (Wildman–Crippen MR) is 106 cm³/mol. The Morgan fingerprint density at radius 2 is 1.73 bits per heavy atom. The standard InChI is InChI=1S/C20H23F3N2O4S/c1-3-25(4-2)30(27,28)18-10-5-7-15(13-18)19(26)24-11-12-29-17-9-6-8-16(14-17)20(21,22)23/h5-10,13-14H,3-4,11-12H2,1-2H3,(H,24,26). The van der Waals surface area contributed by atoms with E-state index in [4.69, 9.17) is 4.74 Å². The Labute approximate surface area is 173 Å². The second kappa shape index (κ2) is 9.94. The Bertz CT molecular complexity index is 974. The van der Waals surface area contributed by atoms with Crippen LogP contribution in [0.4, 0.5) is 13.2 Å². The summed E-state index contributed by atoms with van der Waals surface area (Å²) >= 11 is 0. The molecular formula is C20H23F3N2O4S. The molecule has 0 aromatic heterocycles. The van der Waals surface area contributed by atoms with Crippen LogP contribution in [-0.2, 0) is 16.2 Å². The summed E-state index contributed by atoms with van der Waals surface area (Å²) in [5.74, 6) is -0.481. The summed E-state index contributed by atoms with van der Waals surface area (Å²) in [6.45, 7) is 4.04. The van der Waals surface area contributed by atoms with Crippen molar-refractivity contribution in [2.45, 2.75) is 24.9 Å². The zero-order valence-corrected chi connectivity index (χ0v) is 17.4. The predicted octanol–water partition coefficient (Wildman–Crippen LogP) is 3.54. The molecule has 0 fully saturated rings. The molecule has 0 heterocycles. The van der Waals surface area contributed by atoms with Crippen LogP contribution in [0.25, 0.3) is 0 Å². The van der Waals surface area contributed by atoms with Crippen molar-refractivity contribution in [3.8, 4) is 5.75 Å². The van der Waals surface area contributed by atoms with E-state index >= 15 is 0 Å². The molecule has 1 amide bonds. The Morgan fingerprint density at radius 1 is 1.07 bits per heavy atom. The number of hydrogen-bond donors (Lipinski definition) is 1. The van der Waals surface area contributed by atoms with E-state index in [2.05, 4.69) is 5.32 Å². The highest BCUT2D eigenvalue weighted by atomic mass is 32.2. The summed E-state index contributed by atoms with van der Waals surface area (Å²) in [5.41, 5.74) is -0.669. The molecule has 2 rings (SSSR count). The molecule has 0 unspecified atom stereocenters. The van der Waals surface area contributed by atoms with Crippen LogP contribution in [0, 0.1) is 0 Å². The lowest BCUT2D eigenvalue weighted by Gasteiger charge is -2.18. The van der Waals surface area contributed by atoms with Crippen LogP contribution in [0.3, 0.4) is 0 Å². The van der Waals surface area contributed by atoms with Crippen LogP contribution in [0.5, 0.6) is 5.75 Å². The van der Waals surface area contributed by atoms with Crippen LogP contribution in [0.15, 0.2) is 53.4 Å². The zero-order valence-electron chi connectivity index (χ0n) is 16.6. The number of hydrogen-bond acceptors (Lipinski definition) is 4. The fraction of sp³-hybridized carbons (Fsp3) is 0.350. The van der Waals surface area contributed by atoms with E-state index in [0.29, 0.717) is 13.1 Å². The number of alkyl halides is 3. The topological polar surface area (TPSA) is 75.7 Å². The number of carbonyl (C=O) groups is 1. The first kappa shape index (κ1) is 23.7. The van der Waals surface area contributed by atoms with Crippen LogP contribution in [-0.4, -0.2) is 44.9 Å². The van der Waals surface area contributed by atoms with Crippen molar-refractivity contribution in [2.24, 2.45) is 0 Å². The third-order valence-corrected chi connectivity index (χ3v) is 6.30. The SMILES string of the molecule is CCN(CC)S(=O)(=O)c1cccc(C(=O)NCCOc2cccc(C(F)(F)F)c2)c1. The molecule has 2 aromatic rings. The summed E-state index contributed by atoms with van der Waals surface area (Å²) < 4.78 is 69.8. The van der Waals surface area contributed by atoms with Crippen molar-refractivity contribution >= 4 is 15.9 Å². The van der Waals surface area contributed by atoms with Crippen molar-refractivity contribution in [1.82, 2.24) is 9.62 Å². The minimum absolute atomic E-state index is 0.0130. The number of benzene rings is 2. The summed E-state index contributed by atoms with van der Waals surface area (Å²) in [4.78, 5) is 12.3. The van der Waals surface area contributed by atoms with Crippen molar-refractivity contribution < 1.29 is 31.1 Å². The summed E-state index contributed by atoms with van der Waals surface area (Å²) in [5, 5.41) is 2.56. The molecule has 2 aromatic carbocycles. The number of rotatable bonds is 9. The number of nitrogens with zero attached hydrogens (tertiary/aromatic N) is 1. The maximum absolute atomic E-state index is 12.7. The van der Waals surface area contributed by atoms with Crippen LogP contribution < -0.4 is 10.1 Å². The molecular weight excluding hydrogens is 421 g/mol. The van der Waals surface area contributed by atoms with Gasteiger partial charge < -0.3 is 10.1 Å². The Morgan fingerprint density at radius 3 is 2.37 bits per heavy atom. The first-order valence-corrected chi connectivity index (χ1v) is 10.7. The molecule has 164 valence electrons. The van der Waals surface area contributed by atoms with Gasteiger partial charge in [-0.1, -0.05) is 26.0 Å². The molecule has 0 atom stereocenters. The molecule has 0 spiro atoms. The fourth-order valence-electron chi connectivity index (χ4n) is 2.71. The van der Waals surface area contributed by atoms with Crippen molar-refractivity contribution in [3.63, 3.8) is 0 Å². The number of nitrogens with one attached hydrogen (secondary N) is 1. The number of sulfonamides is 1. The average molecular weight is 444 g/mol. The zero-order chi connectivity index (χ0) is 22.4. The third-order valence-electron chi connectivity index (χ3n) is 4.26. The number of amides is 1. The van der Waals surface area contributed by atoms with Gasteiger partial charge in [0.2, 0.25) is 10.0 Å². The highest BCUT2D eigenvalue weighted by Gasteiger charge is 2.30. The average Bonchev–Trinajstić information content (AvgIpc) is 2.71. The van der Waals surface area contributed by atoms with E-state index in [-0.39, 0.29) is 29.4 Å². The van der Waals surface area contributed by atoms with Crippen molar-refractivity contribution in [1.29, 1.82) is 0 Å². The van der Waals surface area contributed by atoms with E-state index in [0.717, 1.165) is 12.1 Å². The fourth-order valence-corrected chi connectivity index (χ4v) is 4.21. The molecule has 1 N–H and O–H groups in total. The lowest BCUT2D eigenvalue weighted by molar-refractivity contribution is -0.137. The highest BCUT2D eigenvalue weighted by molar-refractivity contribution is 7.89. The van der Waals surface area contributed by atoms with E-state index in [1.54, 1.807) is 13.8 Å². The monoisotopic (exact) mass is 444 g/mol. The molecule has 30 heavy (non-hydrogen) atoms. The maximum atomic E-state index is 12.7. The van der Waals surface area contributed by atoms with Gasteiger partial charge in [0, 0.05) is 18.7 Å². The first-order valence-electron chi connectivity index (χ1n) is 9.28. The number of ether oxygens (including phenoxy) is 1. The first-order chi connectivity index (χ1) is 14.1. The van der Waals surface area contributed by atoms with Crippen molar-refractivity contribution in [2.75, 3.05) is 26.2 Å². The van der Waals surface area contributed by atoms with E-state index < -0.39 is 27.7 Å². The summed E-state index contributed by atoms with van der Waals surface area (Å²) in [6.07, 6.45) is -4.47. The molecule has 0 saturated heterocycles. The summed E-state index contributed by atoms with van der Waals surface area (Å²) in [7, 11) is -3.70. The number of halogens is 3. The second-order valence-corrected chi connectivity index (χ2v) is 8.19. The molecule has 0 aliphatic rings. The van der Waals surface area contributed by atoms with Gasteiger partial charge in [0.25, 0.3) is 5.91 Å². The molecule has 0 aliphatic carbocycles. The molecule has 6 nitrogen and oxygen atoms in total. The maximum Gasteiger partial charge on any atom is 0.416 e. The lowest BCUT2D eigenvalue weighted by atomic mass is 10.2. The van der Waals surface area contributed by atoms with Crippen LogP contribution >= 0.6 is 0 Å². The second-order valence-electron chi connectivity index (χ2n) is 6.25. The molecule has 10 heteroatoms. The van der Waals surface area contributed by atoms with Gasteiger partial charge in [-0.25, -0.2) is 8.42 Å². The van der Waals surface area contributed by atoms with Gasteiger partial charge in [0.05, 0.1) is 17.0 Å². The van der Waals surface area contributed by atoms with Crippen LogP contribution in [0.2, 0.25) is 0 Å². The van der Waals surface area contributed by atoms with Gasteiger partial charge in [0.15, 0.2) is 0 Å². The third kappa shape index (κ3) is 5.96. The Kier molecular flexibility index (Phi) is 7.85. The Hall–Kier alpha value is -2.59. The lowest BCUT2D eigenvalue weighted by Crippen LogP contribution is -2.31. The highest BCUT2D eigenvalue weighted by Crippen LogP contribution is 2.31. The molecule has 0 aliphatic heterocycles. The largest absolute Gasteiger partial charge is 0.492 e. The minimum Gasteiger partial charge on any atom is -0.492 e. The van der Waals surface area contributed by atoms with Gasteiger partial charge in [-0.15, -0.1) is 0 Å². The summed E-state index contributed by atoms with van der Waals surface area (Å²) in [6, 6.07) is 10.1. The molecule has 0 bridgehead atoms. The normalized spacial score (nSPS) is 12.1. The van der Waals surface area contributed by atoms with Crippen LogP contribution in [0.1, 0.15) is 29.8 Å². The van der Waals surface area contributed by atoms with Gasteiger partial charge in [-0.3, -0.25) is 4.79 Å². The minimum atomic E-state index is -4.47. The molecule has 0 radical (unpaired) electrons. The van der Waals surface area contributed by atoms with Gasteiger partial charge >= 0.3 is 6.18 Å². The van der Waals surface area contributed by atoms with Gasteiger partial charge in [-0.05, 0) is 36.4 Å². The van der Waals surface area contributed by atoms with Gasteiger partial charge in [-0.2, -0.15) is 17.5 Å². The van der Waals surface area contributed by atoms with E-state index in [1.165, 1.54) is 40.7 Å². The van der Waals surface area contributed by atoms with Gasteiger partial charge in [0.1, 0.15) is 12.4 Å². The van der Waals surface area contributed by atoms with E-state index in [1.807, 2.05) is 0 Å². The quantitative estimate of drug-likeness (QED) is 0.601. The Balaban J connectivity index is 1.96. The van der Waals surface area contributed by atoms with E-state index in [9.17, 15) is 26.4 Å².